The highest BCUT2D eigenvalue weighted by molar-refractivity contribution is 7.98. The summed E-state index contributed by atoms with van der Waals surface area (Å²) in [5, 5.41) is 8.97. The molecule has 1 rings (SSSR count). The third kappa shape index (κ3) is 3.24. The van der Waals surface area contributed by atoms with Gasteiger partial charge in [-0.15, -0.1) is 0 Å². The molecule has 16 heavy (non-hydrogen) atoms. The number of nitrogens with zero attached hydrogens (tertiary/aromatic N) is 1. The molecule has 0 aliphatic carbocycles. The van der Waals surface area contributed by atoms with Crippen molar-refractivity contribution in [1.82, 2.24) is 9.29 Å². The van der Waals surface area contributed by atoms with Crippen molar-refractivity contribution in [2.24, 2.45) is 7.05 Å². The summed E-state index contributed by atoms with van der Waals surface area (Å²) in [6, 6.07) is 1.47. The molecule has 0 amide bonds. The van der Waals surface area contributed by atoms with Gasteiger partial charge in [0.05, 0.1) is 11.5 Å². The van der Waals surface area contributed by atoms with Crippen molar-refractivity contribution in [1.29, 1.82) is 0 Å². The van der Waals surface area contributed by atoms with Gasteiger partial charge < -0.3 is 9.67 Å². The molecular formula is C9H16N2O3S2. The van der Waals surface area contributed by atoms with E-state index in [0.29, 0.717) is 12.2 Å². The van der Waals surface area contributed by atoms with Gasteiger partial charge in [-0.05, 0) is 12.3 Å². The van der Waals surface area contributed by atoms with Gasteiger partial charge in [0.15, 0.2) is 0 Å². The van der Waals surface area contributed by atoms with Crippen molar-refractivity contribution in [3.8, 4) is 0 Å². The average Bonchev–Trinajstić information content (AvgIpc) is 2.60. The summed E-state index contributed by atoms with van der Waals surface area (Å²) in [5.74, 6) is 0.735. The van der Waals surface area contributed by atoms with Crippen LogP contribution in [0, 0.1) is 0 Å². The molecule has 1 aromatic heterocycles. The van der Waals surface area contributed by atoms with E-state index in [9.17, 15) is 8.42 Å². The Labute approximate surface area is 99.9 Å². The fraction of sp³-hybridized carbons (Fsp3) is 0.556. The van der Waals surface area contributed by atoms with Crippen molar-refractivity contribution in [2.45, 2.75) is 11.5 Å². The quantitative estimate of drug-likeness (QED) is 0.718. The largest absolute Gasteiger partial charge is 0.390 e. The molecule has 0 aromatic carbocycles. The molecule has 0 atom stereocenters. The molecule has 5 nitrogen and oxygen atoms in total. The van der Waals surface area contributed by atoms with Gasteiger partial charge in [0.1, 0.15) is 0 Å². The molecule has 0 saturated carbocycles. The van der Waals surface area contributed by atoms with Crippen molar-refractivity contribution >= 4 is 21.8 Å². The van der Waals surface area contributed by atoms with Gasteiger partial charge in [-0.3, -0.25) is 0 Å². The Balaban J connectivity index is 2.81. The number of sulfonamides is 1. The zero-order valence-corrected chi connectivity index (χ0v) is 10.9. The molecule has 0 bridgehead atoms. The van der Waals surface area contributed by atoms with Crippen LogP contribution >= 0.6 is 11.8 Å². The first-order valence-electron chi connectivity index (χ1n) is 4.76. The molecule has 0 radical (unpaired) electrons. The van der Waals surface area contributed by atoms with Crippen LogP contribution in [0.4, 0.5) is 0 Å². The number of hydrogen-bond acceptors (Lipinski definition) is 4. The van der Waals surface area contributed by atoms with Crippen molar-refractivity contribution < 1.29 is 13.5 Å². The van der Waals surface area contributed by atoms with Gasteiger partial charge in [-0.2, -0.15) is 11.8 Å². The van der Waals surface area contributed by atoms with E-state index in [1.165, 1.54) is 12.3 Å². The van der Waals surface area contributed by atoms with Gasteiger partial charge in [0, 0.05) is 31.2 Å². The lowest BCUT2D eigenvalue weighted by Gasteiger charge is -2.02. The smallest absolute Gasteiger partial charge is 0.242 e. The number of thioether (sulfide) groups is 1. The molecular weight excluding hydrogens is 248 g/mol. The van der Waals surface area contributed by atoms with Crippen LogP contribution in [0.3, 0.4) is 0 Å². The first kappa shape index (κ1) is 13.6. The Morgan fingerprint density at radius 3 is 2.75 bits per heavy atom. The predicted molar refractivity (Wildman–Crippen MR) is 64.9 cm³/mol. The van der Waals surface area contributed by atoms with Crippen molar-refractivity contribution in [2.75, 3.05) is 18.6 Å². The molecule has 2 N–H and O–H groups in total. The predicted octanol–water partition coefficient (Wildman–Crippen LogP) is 0.159. The summed E-state index contributed by atoms with van der Waals surface area (Å²) < 4.78 is 27.6. The summed E-state index contributed by atoms with van der Waals surface area (Å²) >= 11 is 1.58. The first-order valence-corrected chi connectivity index (χ1v) is 7.63. The van der Waals surface area contributed by atoms with Crippen LogP contribution < -0.4 is 4.72 Å². The van der Waals surface area contributed by atoms with Crippen LogP contribution in [0.15, 0.2) is 17.2 Å². The molecule has 0 fully saturated rings. The minimum absolute atomic E-state index is 0.170. The SMILES string of the molecule is CSCCNS(=O)(=O)c1cc(CO)n(C)c1. The minimum atomic E-state index is -3.44. The third-order valence-corrected chi connectivity index (χ3v) is 4.19. The van der Waals surface area contributed by atoms with Crippen LogP contribution in [-0.2, 0) is 23.7 Å². The van der Waals surface area contributed by atoms with E-state index in [1.54, 1.807) is 23.4 Å². The number of rotatable bonds is 6. The zero-order chi connectivity index (χ0) is 12.2. The molecule has 0 saturated heterocycles. The Hall–Kier alpha value is -0.500. The average molecular weight is 264 g/mol. The number of aliphatic hydroxyl groups excluding tert-OH is 1. The number of aromatic nitrogens is 1. The lowest BCUT2D eigenvalue weighted by Crippen LogP contribution is -2.25. The fourth-order valence-corrected chi connectivity index (χ4v) is 2.80. The van der Waals surface area contributed by atoms with E-state index in [0.717, 1.165) is 5.75 Å². The zero-order valence-electron chi connectivity index (χ0n) is 9.30. The van der Waals surface area contributed by atoms with E-state index >= 15 is 0 Å². The Morgan fingerprint density at radius 1 is 1.56 bits per heavy atom. The molecule has 1 heterocycles. The first-order chi connectivity index (χ1) is 7.51. The Morgan fingerprint density at radius 2 is 2.25 bits per heavy atom. The van der Waals surface area contributed by atoms with E-state index in [2.05, 4.69) is 4.72 Å². The molecule has 0 unspecified atom stereocenters. The van der Waals surface area contributed by atoms with Crippen LogP contribution in [0.1, 0.15) is 5.69 Å². The number of aliphatic hydroxyl groups is 1. The van der Waals surface area contributed by atoms with Gasteiger partial charge in [0.25, 0.3) is 0 Å². The summed E-state index contributed by atoms with van der Waals surface area (Å²) in [6.45, 7) is 0.240. The normalized spacial score (nSPS) is 11.9. The van der Waals surface area contributed by atoms with Crippen molar-refractivity contribution in [3.05, 3.63) is 18.0 Å². The standard InChI is InChI=1S/C9H16N2O3S2/c1-11-6-9(5-8(11)7-12)16(13,14)10-3-4-15-2/h5-6,10,12H,3-4,7H2,1-2H3. The van der Waals surface area contributed by atoms with Gasteiger partial charge in [0.2, 0.25) is 10.0 Å². The second-order valence-corrected chi connectivity index (χ2v) is 6.08. The summed E-state index contributed by atoms with van der Waals surface area (Å²) in [5.41, 5.74) is 0.574. The monoisotopic (exact) mass is 264 g/mol. The van der Waals surface area contributed by atoms with Crippen molar-refractivity contribution in [3.63, 3.8) is 0 Å². The lowest BCUT2D eigenvalue weighted by atomic mass is 10.5. The molecule has 0 aliphatic heterocycles. The molecule has 7 heteroatoms. The van der Waals surface area contributed by atoms with Gasteiger partial charge in [-0.1, -0.05) is 0 Å². The highest BCUT2D eigenvalue weighted by Crippen LogP contribution is 2.13. The second kappa shape index (κ2) is 5.72. The maximum atomic E-state index is 11.8. The van der Waals surface area contributed by atoms with Crippen LogP contribution in [0.2, 0.25) is 0 Å². The lowest BCUT2D eigenvalue weighted by molar-refractivity contribution is 0.272. The van der Waals surface area contributed by atoms with Crippen LogP contribution in [0.5, 0.6) is 0 Å². The van der Waals surface area contributed by atoms with E-state index in [4.69, 9.17) is 5.11 Å². The van der Waals surface area contributed by atoms with E-state index < -0.39 is 10.0 Å². The van der Waals surface area contributed by atoms with Gasteiger partial charge >= 0.3 is 0 Å². The van der Waals surface area contributed by atoms with E-state index in [-0.39, 0.29) is 11.5 Å². The maximum absolute atomic E-state index is 11.8. The maximum Gasteiger partial charge on any atom is 0.242 e. The molecule has 0 spiro atoms. The third-order valence-electron chi connectivity index (χ3n) is 2.15. The molecule has 0 aliphatic rings. The Kier molecular flexibility index (Phi) is 4.85. The molecule has 1 aromatic rings. The van der Waals surface area contributed by atoms with E-state index in [1.807, 2.05) is 6.26 Å². The number of aryl methyl sites for hydroxylation is 1. The summed E-state index contributed by atoms with van der Waals surface area (Å²) in [7, 11) is -1.74. The molecule has 92 valence electrons. The summed E-state index contributed by atoms with van der Waals surface area (Å²) in [6.07, 6.45) is 3.41. The summed E-state index contributed by atoms with van der Waals surface area (Å²) in [4.78, 5) is 0.195. The minimum Gasteiger partial charge on any atom is -0.390 e. The van der Waals surface area contributed by atoms with Gasteiger partial charge in [-0.25, -0.2) is 13.1 Å². The number of hydrogen-bond donors (Lipinski definition) is 2. The second-order valence-electron chi connectivity index (χ2n) is 3.33. The highest BCUT2D eigenvalue weighted by Gasteiger charge is 2.16. The fourth-order valence-electron chi connectivity index (χ4n) is 1.24. The topological polar surface area (TPSA) is 71.3 Å². The van der Waals surface area contributed by atoms with Crippen LogP contribution in [0.25, 0.3) is 0 Å². The highest BCUT2D eigenvalue weighted by atomic mass is 32.2. The number of nitrogens with one attached hydrogen (secondary N) is 1. The van der Waals surface area contributed by atoms with Crippen LogP contribution in [-0.4, -0.2) is 36.6 Å². The Bertz CT molecular complexity index is 440.